The van der Waals surface area contributed by atoms with Gasteiger partial charge in [0.05, 0.1) is 22.1 Å². The van der Waals surface area contributed by atoms with Gasteiger partial charge in [-0.15, -0.1) is 0 Å². The molecule has 0 N–H and O–H groups in total. The molecule has 3 heteroatoms. The number of rotatable bonds is 5. The highest BCUT2D eigenvalue weighted by molar-refractivity contribution is 7.14. The summed E-state index contributed by atoms with van der Waals surface area (Å²) in [5.41, 5.74) is 7.32. The minimum absolute atomic E-state index is 0.0433. The van der Waals surface area contributed by atoms with Gasteiger partial charge in [0.25, 0.3) is 0 Å². The van der Waals surface area contributed by atoms with E-state index in [2.05, 4.69) is 206 Å². The molecule has 0 saturated carbocycles. The molecule has 2 nitrogen and oxygen atoms in total. The normalized spacial score (nSPS) is 12.4. The van der Waals surface area contributed by atoms with E-state index < -0.39 is 8.07 Å². The van der Waals surface area contributed by atoms with Crippen LogP contribution >= 0.6 is 0 Å². The minimum atomic E-state index is -2.68. The van der Waals surface area contributed by atoms with Gasteiger partial charge in [-0.2, -0.15) is 0 Å². The molecule has 0 atom stereocenters. The van der Waals surface area contributed by atoms with Crippen LogP contribution in [0.3, 0.4) is 0 Å². The molecule has 0 saturated heterocycles. The zero-order valence-corrected chi connectivity index (χ0v) is 29.1. The highest BCUT2D eigenvalue weighted by Gasteiger charge is 2.50. The van der Waals surface area contributed by atoms with Crippen LogP contribution in [0.25, 0.3) is 55.0 Å². The molecule has 2 aromatic heterocycles. The molecule has 2 heterocycles. The van der Waals surface area contributed by atoms with Crippen molar-refractivity contribution in [2.75, 3.05) is 0 Å². The van der Waals surface area contributed by atoms with Crippen LogP contribution in [0.15, 0.2) is 176 Å². The smallest absolute Gasteiger partial charge is 0.156 e. The molecule has 0 aliphatic heterocycles. The Kier molecular flexibility index (Phi) is 6.75. The monoisotopic (exact) mass is 646 g/mol. The first-order chi connectivity index (χ1) is 24.0. The van der Waals surface area contributed by atoms with E-state index in [0.717, 1.165) is 0 Å². The van der Waals surface area contributed by atoms with Crippen LogP contribution in [0.2, 0.25) is 5.04 Å². The zero-order chi connectivity index (χ0) is 33.2. The maximum absolute atomic E-state index is 2.68. The lowest BCUT2D eigenvalue weighted by molar-refractivity contribution is 0.739. The van der Waals surface area contributed by atoms with Crippen LogP contribution in [0.5, 0.6) is 0 Å². The van der Waals surface area contributed by atoms with Crippen molar-refractivity contribution < 1.29 is 0 Å². The fraction of sp³-hybridized carbons (Fsp3) is 0.0870. The maximum Gasteiger partial charge on any atom is 0.156 e. The average molecular weight is 647 g/mol. The fourth-order valence-electron chi connectivity index (χ4n) is 8.67. The molecular formula is C46H38N2Si. The summed E-state index contributed by atoms with van der Waals surface area (Å²) >= 11 is 0. The highest BCUT2D eigenvalue weighted by Crippen LogP contribution is 2.41. The highest BCUT2D eigenvalue weighted by atomic mass is 28.3. The Morgan fingerprint density at radius 1 is 0.388 bits per heavy atom. The zero-order valence-electron chi connectivity index (χ0n) is 28.1. The largest absolute Gasteiger partial charge is 0.309 e. The van der Waals surface area contributed by atoms with Crippen molar-refractivity contribution in [3.8, 4) is 11.4 Å². The van der Waals surface area contributed by atoms with E-state index in [1.165, 1.54) is 70.5 Å². The Balaban J connectivity index is 1.43. The molecule has 0 fully saturated rings. The lowest BCUT2D eigenvalue weighted by Gasteiger charge is -2.45. The number of para-hydroxylation sites is 4. The summed E-state index contributed by atoms with van der Waals surface area (Å²) in [4.78, 5) is 0. The number of aromatic nitrogens is 2. The topological polar surface area (TPSA) is 9.86 Å². The molecule has 49 heavy (non-hydrogen) atoms. The molecule has 236 valence electrons. The molecule has 7 aromatic carbocycles. The second-order valence-corrected chi connectivity index (χ2v) is 18.9. The van der Waals surface area contributed by atoms with Gasteiger partial charge >= 0.3 is 0 Å². The van der Waals surface area contributed by atoms with Gasteiger partial charge in [0.2, 0.25) is 0 Å². The van der Waals surface area contributed by atoms with Crippen LogP contribution in [0, 0.1) is 0 Å². The van der Waals surface area contributed by atoms with Gasteiger partial charge in [-0.05, 0) is 63.1 Å². The third-order valence-corrected chi connectivity index (χ3v) is 16.4. The molecule has 9 rings (SSSR count). The van der Waals surface area contributed by atoms with Gasteiger partial charge in [0, 0.05) is 32.9 Å². The van der Waals surface area contributed by atoms with Crippen molar-refractivity contribution >= 4 is 67.2 Å². The van der Waals surface area contributed by atoms with Gasteiger partial charge in [0.1, 0.15) is 0 Å². The van der Waals surface area contributed by atoms with Gasteiger partial charge in [-0.3, -0.25) is 0 Å². The number of hydrogen-bond acceptors (Lipinski definition) is 0. The molecule has 0 spiro atoms. The van der Waals surface area contributed by atoms with E-state index >= 15 is 0 Å². The van der Waals surface area contributed by atoms with Crippen LogP contribution in [0.4, 0.5) is 0 Å². The standard InChI is InChI=1S/C46H38N2Si/c1-46(2,3)49(35-20-9-5-10-21-35,36-22-11-6-12-23-36)44-29-17-26-39-37-24-13-16-28-42(37)48(45(39)44)34-30-31-43-40(32-34)38-25-14-15-27-41(38)47(43)33-18-7-4-8-19-33/h4-32H,1-3H3. The van der Waals surface area contributed by atoms with E-state index in [1.54, 1.807) is 0 Å². The van der Waals surface area contributed by atoms with Gasteiger partial charge in [-0.25, -0.2) is 0 Å². The number of fused-ring (bicyclic) bond motifs is 6. The quantitative estimate of drug-likeness (QED) is 0.130. The SMILES string of the molecule is CC(C)(C)[Si](c1ccccc1)(c1ccccc1)c1cccc2c3ccccc3n(-c3ccc4c(c3)c3ccccc3n4-c3ccccc3)c12. The molecular weight excluding hydrogens is 609 g/mol. The van der Waals surface area contributed by atoms with Crippen molar-refractivity contribution in [2.24, 2.45) is 0 Å². The molecule has 0 radical (unpaired) electrons. The average Bonchev–Trinajstić information content (AvgIpc) is 3.66. The van der Waals surface area contributed by atoms with Crippen LogP contribution < -0.4 is 15.6 Å². The van der Waals surface area contributed by atoms with E-state index in [9.17, 15) is 0 Å². The summed E-state index contributed by atoms with van der Waals surface area (Å²) in [5.74, 6) is 0. The Morgan fingerprint density at radius 3 is 1.49 bits per heavy atom. The molecule has 0 aliphatic carbocycles. The maximum atomic E-state index is 2.56. The van der Waals surface area contributed by atoms with Crippen molar-refractivity contribution in [2.45, 2.75) is 25.8 Å². The first-order valence-electron chi connectivity index (χ1n) is 17.2. The molecule has 0 bridgehead atoms. The number of nitrogens with zero attached hydrogens (tertiary/aromatic N) is 2. The van der Waals surface area contributed by atoms with Crippen LogP contribution in [-0.4, -0.2) is 17.2 Å². The first-order valence-corrected chi connectivity index (χ1v) is 19.2. The number of benzene rings is 7. The second-order valence-electron chi connectivity index (χ2n) is 14.2. The van der Waals surface area contributed by atoms with Crippen molar-refractivity contribution in [1.82, 2.24) is 9.13 Å². The third kappa shape index (κ3) is 4.32. The summed E-state index contributed by atoms with van der Waals surface area (Å²) in [6.07, 6.45) is 0. The van der Waals surface area contributed by atoms with E-state index in [0.29, 0.717) is 0 Å². The lowest BCUT2D eigenvalue weighted by atomic mass is 10.1. The Morgan fingerprint density at radius 2 is 0.878 bits per heavy atom. The fourth-order valence-corrected chi connectivity index (χ4v) is 14.5. The summed E-state index contributed by atoms with van der Waals surface area (Å²) in [6.45, 7) is 7.36. The predicted molar refractivity (Wildman–Crippen MR) is 212 cm³/mol. The Bertz CT molecular complexity index is 2590. The van der Waals surface area contributed by atoms with Crippen molar-refractivity contribution in [3.63, 3.8) is 0 Å². The van der Waals surface area contributed by atoms with Gasteiger partial charge < -0.3 is 9.13 Å². The summed E-state index contributed by atoms with van der Waals surface area (Å²) < 4.78 is 4.96. The van der Waals surface area contributed by atoms with Crippen molar-refractivity contribution in [1.29, 1.82) is 0 Å². The van der Waals surface area contributed by atoms with Crippen molar-refractivity contribution in [3.05, 3.63) is 176 Å². The lowest BCUT2D eigenvalue weighted by Crippen LogP contribution is -2.72. The molecule has 9 aromatic rings. The minimum Gasteiger partial charge on any atom is -0.309 e. The second kappa shape index (κ2) is 11.2. The van der Waals surface area contributed by atoms with E-state index in [4.69, 9.17) is 0 Å². The van der Waals surface area contributed by atoms with Crippen LogP contribution in [0.1, 0.15) is 20.8 Å². The third-order valence-electron chi connectivity index (χ3n) is 10.6. The first kappa shape index (κ1) is 29.5. The van der Waals surface area contributed by atoms with E-state index in [-0.39, 0.29) is 5.04 Å². The summed E-state index contributed by atoms with van der Waals surface area (Å²) in [5, 5.41) is 9.36. The summed E-state index contributed by atoms with van der Waals surface area (Å²) in [7, 11) is -2.68. The Hall–Kier alpha value is -5.64. The van der Waals surface area contributed by atoms with Gasteiger partial charge in [0.15, 0.2) is 8.07 Å². The Labute approximate surface area is 288 Å². The molecule has 0 amide bonds. The molecule has 0 unspecified atom stereocenters. The van der Waals surface area contributed by atoms with Gasteiger partial charge in [-0.1, -0.05) is 154 Å². The molecule has 0 aliphatic rings. The van der Waals surface area contributed by atoms with Crippen LogP contribution in [-0.2, 0) is 0 Å². The van der Waals surface area contributed by atoms with E-state index in [1.807, 2.05) is 0 Å². The number of hydrogen-bond donors (Lipinski definition) is 0. The predicted octanol–water partition coefficient (Wildman–Crippen LogP) is 10.2. The summed E-state index contributed by atoms with van der Waals surface area (Å²) in [6, 6.07) is 65.3.